The van der Waals surface area contributed by atoms with Crippen LogP contribution in [0.2, 0.25) is 10.0 Å². The first-order valence-electron chi connectivity index (χ1n) is 7.23. The number of hydrogen-bond acceptors (Lipinski definition) is 1. The van der Waals surface area contributed by atoms with Gasteiger partial charge in [-0.05, 0) is 44.2 Å². The minimum atomic E-state index is -0.441. The highest BCUT2D eigenvalue weighted by Gasteiger charge is 2.21. The van der Waals surface area contributed by atoms with Crippen LogP contribution in [0.25, 0.3) is 0 Å². The number of carbonyl (C=O) groups is 1. The fourth-order valence-electron chi connectivity index (χ4n) is 2.24. The maximum atomic E-state index is 13.0. The minimum absolute atomic E-state index is 0.0942. The van der Waals surface area contributed by atoms with Crippen molar-refractivity contribution < 1.29 is 14.5 Å². The van der Waals surface area contributed by atoms with E-state index in [9.17, 15) is 9.18 Å². The molecule has 2 atom stereocenters. The molecule has 122 valence electrons. The van der Waals surface area contributed by atoms with Crippen LogP contribution in [0.15, 0.2) is 42.5 Å². The predicted molar refractivity (Wildman–Crippen MR) is 91.3 cm³/mol. The summed E-state index contributed by atoms with van der Waals surface area (Å²) in [6, 6.07) is 11.2. The maximum absolute atomic E-state index is 13.0. The van der Waals surface area contributed by atoms with Crippen molar-refractivity contribution in [3.05, 3.63) is 63.9 Å². The second-order valence-corrected chi connectivity index (χ2v) is 6.28. The van der Waals surface area contributed by atoms with Gasteiger partial charge in [0.15, 0.2) is 6.04 Å². The zero-order chi connectivity index (χ0) is 17.0. The number of amides is 1. The van der Waals surface area contributed by atoms with E-state index in [2.05, 4.69) is 5.32 Å². The molecule has 0 fully saturated rings. The second kappa shape index (κ2) is 7.77. The van der Waals surface area contributed by atoms with Crippen LogP contribution in [0, 0.1) is 5.82 Å². The van der Waals surface area contributed by atoms with Gasteiger partial charge in [0.05, 0.1) is 10.7 Å². The van der Waals surface area contributed by atoms with Crippen molar-refractivity contribution in [2.24, 2.45) is 0 Å². The molecule has 2 rings (SSSR count). The quantitative estimate of drug-likeness (QED) is 0.841. The summed E-state index contributed by atoms with van der Waals surface area (Å²) < 4.78 is 13.0. The van der Waals surface area contributed by atoms with Crippen molar-refractivity contribution in [1.29, 1.82) is 0 Å². The van der Waals surface area contributed by atoms with Gasteiger partial charge in [0.1, 0.15) is 11.9 Å². The third kappa shape index (κ3) is 4.93. The second-order valence-electron chi connectivity index (χ2n) is 5.43. The molecule has 0 saturated heterocycles. The van der Waals surface area contributed by atoms with Crippen LogP contribution in [0.5, 0.6) is 0 Å². The van der Waals surface area contributed by atoms with Gasteiger partial charge in [-0.3, -0.25) is 4.79 Å². The number of anilines is 1. The van der Waals surface area contributed by atoms with Gasteiger partial charge in [-0.1, -0.05) is 35.3 Å². The molecule has 23 heavy (non-hydrogen) atoms. The van der Waals surface area contributed by atoms with E-state index in [1.54, 1.807) is 6.92 Å². The highest BCUT2D eigenvalue weighted by Crippen LogP contribution is 2.22. The topological polar surface area (TPSA) is 45.7 Å². The van der Waals surface area contributed by atoms with Gasteiger partial charge in [0, 0.05) is 10.6 Å². The smallest absolute Gasteiger partial charge is 0.282 e. The van der Waals surface area contributed by atoms with Crippen LogP contribution in [-0.2, 0) is 4.79 Å². The summed E-state index contributed by atoms with van der Waals surface area (Å²) in [6.45, 7) is 3.82. The molecular weight excluding hydrogens is 338 g/mol. The SMILES string of the molecule is C[C@H]([NH2+][C@@H](C)c1ccc(Cl)cc1)C(=O)Nc1ccc(F)cc1Cl. The molecule has 0 spiro atoms. The van der Waals surface area contributed by atoms with Gasteiger partial charge < -0.3 is 10.6 Å². The van der Waals surface area contributed by atoms with Crippen LogP contribution in [0.3, 0.4) is 0 Å². The van der Waals surface area contributed by atoms with Gasteiger partial charge in [-0.15, -0.1) is 0 Å². The van der Waals surface area contributed by atoms with Gasteiger partial charge in [0.2, 0.25) is 0 Å². The molecule has 0 aliphatic rings. The van der Waals surface area contributed by atoms with E-state index in [0.717, 1.165) is 5.56 Å². The third-order valence-electron chi connectivity index (χ3n) is 3.58. The van der Waals surface area contributed by atoms with Gasteiger partial charge in [-0.2, -0.15) is 0 Å². The van der Waals surface area contributed by atoms with Crippen molar-refractivity contribution in [1.82, 2.24) is 0 Å². The summed E-state index contributed by atoms with van der Waals surface area (Å²) in [5, 5.41) is 5.51. The van der Waals surface area contributed by atoms with Crippen LogP contribution < -0.4 is 10.6 Å². The van der Waals surface area contributed by atoms with Crippen LogP contribution in [0.4, 0.5) is 10.1 Å². The molecule has 0 heterocycles. The molecule has 2 aromatic rings. The van der Waals surface area contributed by atoms with E-state index in [4.69, 9.17) is 23.2 Å². The average Bonchev–Trinajstić information content (AvgIpc) is 2.50. The third-order valence-corrected chi connectivity index (χ3v) is 4.14. The zero-order valence-electron chi connectivity index (χ0n) is 12.8. The molecular formula is C17H18Cl2FN2O+. The first-order valence-corrected chi connectivity index (χ1v) is 7.99. The fraction of sp³-hybridized carbons (Fsp3) is 0.235. The molecule has 0 aliphatic heterocycles. The molecule has 0 bridgehead atoms. The lowest BCUT2D eigenvalue weighted by Crippen LogP contribution is -2.91. The van der Waals surface area contributed by atoms with Crippen molar-refractivity contribution in [3.63, 3.8) is 0 Å². The van der Waals surface area contributed by atoms with E-state index in [1.165, 1.54) is 18.2 Å². The molecule has 0 aliphatic carbocycles. The Bertz CT molecular complexity index is 691. The summed E-state index contributed by atoms with van der Waals surface area (Å²) in [7, 11) is 0. The van der Waals surface area contributed by atoms with Crippen molar-refractivity contribution >= 4 is 34.8 Å². The first-order chi connectivity index (χ1) is 10.9. The monoisotopic (exact) mass is 355 g/mol. The van der Waals surface area contributed by atoms with Crippen molar-refractivity contribution in [3.8, 4) is 0 Å². The van der Waals surface area contributed by atoms with Crippen molar-refractivity contribution in [2.75, 3.05) is 5.32 Å². The average molecular weight is 356 g/mol. The molecule has 0 radical (unpaired) electrons. The molecule has 0 unspecified atom stereocenters. The molecule has 2 aromatic carbocycles. The lowest BCUT2D eigenvalue weighted by molar-refractivity contribution is -0.709. The Kier molecular flexibility index (Phi) is 5.99. The normalized spacial score (nSPS) is 13.4. The lowest BCUT2D eigenvalue weighted by atomic mass is 10.1. The number of nitrogens with one attached hydrogen (secondary N) is 1. The maximum Gasteiger partial charge on any atom is 0.282 e. The molecule has 1 amide bonds. The van der Waals surface area contributed by atoms with Crippen LogP contribution >= 0.6 is 23.2 Å². The number of quaternary nitrogens is 1. The summed E-state index contributed by atoms with van der Waals surface area (Å²) >= 11 is 11.8. The van der Waals surface area contributed by atoms with E-state index >= 15 is 0 Å². The Morgan fingerprint density at radius 3 is 2.39 bits per heavy atom. The summed E-state index contributed by atoms with van der Waals surface area (Å²) in [5.41, 5.74) is 1.48. The Morgan fingerprint density at radius 2 is 1.78 bits per heavy atom. The molecule has 3 N–H and O–H groups in total. The van der Waals surface area contributed by atoms with E-state index in [-0.39, 0.29) is 23.0 Å². The summed E-state index contributed by atoms with van der Waals surface area (Å²) in [4.78, 5) is 12.3. The highest BCUT2D eigenvalue weighted by atomic mass is 35.5. The summed E-state index contributed by atoms with van der Waals surface area (Å²) in [5.74, 6) is -0.636. The molecule has 0 saturated carbocycles. The van der Waals surface area contributed by atoms with Gasteiger partial charge in [0.25, 0.3) is 5.91 Å². The Morgan fingerprint density at radius 1 is 1.13 bits per heavy atom. The Balaban J connectivity index is 1.98. The van der Waals surface area contributed by atoms with Crippen LogP contribution in [0.1, 0.15) is 25.5 Å². The number of nitrogens with two attached hydrogens (primary N) is 1. The zero-order valence-corrected chi connectivity index (χ0v) is 14.3. The van der Waals surface area contributed by atoms with Crippen molar-refractivity contribution in [2.45, 2.75) is 25.9 Å². The fourth-order valence-corrected chi connectivity index (χ4v) is 2.58. The first kappa shape index (κ1) is 17.7. The highest BCUT2D eigenvalue weighted by molar-refractivity contribution is 6.33. The summed E-state index contributed by atoms with van der Waals surface area (Å²) in [6.07, 6.45) is 0. The lowest BCUT2D eigenvalue weighted by Gasteiger charge is -2.17. The number of rotatable bonds is 5. The van der Waals surface area contributed by atoms with E-state index in [0.29, 0.717) is 10.7 Å². The number of hydrogen-bond donors (Lipinski definition) is 2. The number of benzene rings is 2. The molecule has 3 nitrogen and oxygen atoms in total. The van der Waals surface area contributed by atoms with E-state index in [1.807, 2.05) is 36.5 Å². The number of halogens is 3. The minimum Gasteiger partial charge on any atom is -0.330 e. The predicted octanol–water partition coefficient (Wildman–Crippen LogP) is 3.78. The Hall–Kier alpha value is -1.62. The molecule has 0 aromatic heterocycles. The Labute approximate surface area is 144 Å². The molecule has 6 heteroatoms. The van der Waals surface area contributed by atoms with Crippen LogP contribution in [-0.4, -0.2) is 11.9 Å². The number of carbonyl (C=O) groups excluding carboxylic acids is 1. The van der Waals surface area contributed by atoms with E-state index < -0.39 is 5.82 Å². The largest absolute Gasteiger partial charge is 0.330 e. The van der Waals surface area contributed by atoms with Gasteiger partial charge >= 0.3 is 0 Å². The standard InChI is InChI=1S/C17H17Cl2FN2O/c1-10(12-3-5-13(18)6-4-12)21-11(2)17(23)22-16-8-7-14(20)9-15(16)19/h3-11,21H,1-2H3,(H,22,23)/p+1/t10-,11-/m0/s1. The van der Waals surface area contributed by atoms with Gasteiger partial charge in [-0.25, -0.2) is 4.39 Å².